The number of aromatic nitrogens is 1. The lowest BCUT2D eigenvalue weighted by Gasteiger charge is -2.14. The van der Waals surface area contributed by atoms with Gasteiger partial charge < -0.3 is 14.8 Å². The lowest BCUT2D eigenvalue weighted by atomic mass is 9.99. The molecule has 0 radical (unpaired) electrons. The first-order valence-corrected chi connectivity index (χ1v) is 12.3. The molecule has 0 aliphatic heterocycles. The quantitative estimate of drug-likeness (QED) is 0.263. The molecule has 0 aliphatic rings. The van der Waals surface area contributed by atoms with Crippen molar-refractivity contribution in [3.63, 3.8) is 0 Å². The van der Waals surface area contributed by atoms with Crippen LogP contribution in [0.4, 0.5) is 5.69 Å². The summed E-state index contributed by atoms with van der Waals surface area (Å²) in [6, 6.07) is 26.3. The lowest BCUT2D eigenvalue weighted by molar-refractivity contribution is -0.113. The highest BCUT2D eigenvalue weighted by molar-refractivity contribution is 8.00. The van der Waals surface area contributed by atoms with Gasteiger partial charge in [0, 0.05) is 22.2 Å². The molecule has 0 unspecified atom stereocenters. The average molecular weight is 516 g/mol. The van der Waals surface area contributed by atoms with Gasteiger partial charge in [-0.1, -0.05) is 65.8 Å². The van der Waals surface area contributed by atoms with Gasteiger partial charge in [0.1, 0.15) is 22.6 Å². The monoisotopic (exact) mass is 515 g/mol. The van der Waals surface area contributed by atoms with Crippen molar-refractivity contribution in [2.45, 2.75) is 5.03 Å². The Morgan fingerprint density at radius 2 is 1.75 bits per heavy atom. The molecule has 0 saturated heterocycles. The molecule has 1 heterocycles. The number of hydrogen-bond acceptors (Lipinski definition) is 6. The molecule has 3 aromatic carbocycles. The zero-order chi connectivity index (χ0) is 25.5. The Morgan fingerprint density at radius 3 is 2.42 bits per heavy atom. The van der Waals surface area contributed by atoms with Gasteiger partial charge in [0.15, 0.2) is 0 Å². The second-order valence-electron chi connectivity index (χ2n) is 7.62. The smallest absolute Gasteiger partial charge is 0.234 e. The number of carbonyl (C=O) groups excluding carboxylic acids is 1. The highest BCUT2D eigenvalue weighted by Crippen LogP contribution is 2.35. The number of methoxy groups -OCH3 is 2. The van der Waals surface area contributed by atoms with Crippen molar-refractivity contribution < 1.29 is 14.3 Å². The molecule has 180 valence electrons. The number of nitrogens with one attached hydrogen (secondary N) is 1. The van der Waals surface area contributed by atoms with E-state index in [9.17, 15) is 10.1 Å². The van der Waals surface area contributed by atoms with E-state index in [4.69, 9.17) is 26.1 Å². The molecule has 0 atom stereocenters. The van der Waals surface area contributed by atoms with Crippen LogP contribution in [0.25, 0.3) is 22.4 Å². The van der Waals surface area contributed by atoms with Gasteiger partial charge in [-0.05, 0) is 35.9 Å². The van der Waals surface area contributed by atoms with Crippen LogP contribution in [-0.4, -0.2) is 30.9 Å². The number of nitrogens with zero attached hydrogens (tertiary/aromatic N) is 2. The highest BCUT2D eigenvalue weighted by Gasteiger charge is 2.18. The average Bonchev–Trinajstić information content (AvgIpc) is 2.92. The molecule has 1 amide bonds. The molecule has 4 rings (SSSR count). The Bertz CT molecular complexity index is 1420. The predicted molar refractivity (Wildman–Crippen MR) is 144 cm³/mol. The SMILES string of the molecule is COc1ccc(OC)c(NC(=O)CSc2nc(-c3ccccc3)cc(-c3ccc(Cl)cc3)c2C#N)c1. The number of amides is 1. The molecule has 1 aromatic heterocycles. The van der Waals surface area contributed by atoms with E-state index < -0.39 is 0 Å². The molecule has 1 N–H and O–H groups in total. The maximum atomic E-state index is 12.8. The summed E-state index contributed by atoms with van der Waals surface area (Å²) >= 11 is 7.28. The Labute approximate surface area is 218 Å². The second-order valence-corrected chi connectivity index (χ2v) is 9.02. The van der Waals surface area contributed by atoms with Crippen LogP contribution >= 0.6 is 23.4 Å². The van der Waals surface area contributed by atoms with Crippen LogP contribution in [0.1, 0.15) is 5.56 Å². The van der Waals surface area contributed by atoms with Crippen LogP contribution in [-0.2, 0) is 4.79 Å². The molecule has 8 heteroatoms. The fraction of sp³-hybridized carbons (Fsp3) is 0.107. The number of benzene rings is 3. The van der Waals surface area contributed by atoms with E-state index in [2.05, 4.69) is 11.4 Å². The van der Waals surface area contributed by atoms with Crippen LogP contribution in [0.3, 0.4) is 0 Å². The number of rotatable bonds is 8. The number of thioether (sulfide) groups is 1. The van der Waals surface area contributed by atoms with Crippen LogP contribution in [0.5, 0.6) is 11.5 Å². The summed E-state index contributed by atoms with van der Waals surface area (Å²) in [7, 11) is 3.08. The van der Waals surface area contributed by atoms with Gasteiger partial charge in [0.25, 0.3) is 0 Å². The van der Waals surface area contributed by atoms with Crippen molar-refractivity contribution >= 4 is 35.0 Å². The van der Waals surface area contributed by atoms with Crippen LogP contribution in [0.15, 0.2) is 83.9 Å². The summed E-state index contributed by atoms with van der Waals surface area (Å²) in [5, 5.41) is 14.0. The number of anilines is 1. The van der Waals surface area contributed by atoms with E-state index in [0.29, 0.717) is 38.5 Å². The third-order valence-electron chi connectivity index (χ3n) is 5.34. The molecule has 0 aliphatic carbocycles. The van der Waals surface area contributed by atoms with Gasteiger partial charge in [-0.25, -0.2) is 4.98 Å². The summed E-state index contributed by atoms with van der Waals surface area (Å²) in [6.07, 6.45) is 0. The van der Waals surface area contributed by atoms with E-state index in [1.165, 1.54) is 18.9 Å². The van der Waals surface area contributed by atoms with E-state index in [0.717, 1.165) is 16.7 Å². The number of hydrogen-bond donors (Lipinski definition) is 1. The minimum absolute atomic E-state index is 0.0420. The van der Waals surface area contributed by atoms with Crippen molar-refractivity contribution in [3.05, 3.63) is 89.4 Å². The fourth-order valence-corrected chi connectivity index (χ4v) is 4.51. The summed E-state index contributed by atoms with van der Waals surface area (Å²) < 4.78 is 10.6. The molecule has 0 saturated carbocycles. The van der Waals surface area contributed by atoms with E-state index in [1.807, 2.05) is 48.5 Å². The topological polar surface area (TPSA) is 84.2 Å². The van der Waals surface area contributed by atoms with Crippen molar-refractivity contribution in [2.24, 2.45) is 0 Å². The maximum absolute atomic E-state index is 12.8. The third-order valence-corrected chi connectivity index (χ3v) is 6.57. The lowest BCUT2D eigenvalue weighted by Crippen LogP contribution is -2.15. The van der Waals surface area contributed by atoms with Crippen molar-refractivity contribution in [1.29, 1.82) is 5.26 Å². The summed E-state index contributed by atoms with van der Waals surface area (Å²) in [4.78, 5) is 17.6. The number of nitriles is 1. The molecular weight excluding hydrogens is 494 g/mol. The number of ether oxygens (including phenoxy) is 2. The van der Waals surface area contributed by atoms with Gasteiger partial charge in [-0.15, -0.1) is 0 Å². The largest absolute Gasteiger partial charge is 0.497 e. The van der Waals surface area contributed by atoms with E-state index >= 15 is 0 Å². The van der Waals surface area contributed by atoms with Gasteiger partial charge in [-0.3, -0.25) is 4.79 Å². The van der Waals surface area contributed by atoms with Crippen molar-refractivity contribution in [2.75, 3.05) is 25.3 Å². The van der Waals surface area contributed by atoms with Gasteiger partial charge in [0.2, 0.25) is 5.91 Å². The summed E-state index contributed by atoms with van der Waals surface area (Å²) in [5.41, 5.74) is 4.06. The molecule has 0 spiro atoms. The maximum Gasteiger partial charge on any atom is 0.234 e. The Hall–Kier alpha value is -3.99. The van der Waals surface area contributed by atoms with Crippen LogP contribution < -0.4 is 14.8 Å². The summed E-state index contributed by atoms with van der Waals surface area (Å²) in [6.45, 7) is 0. The number of halogens is 1. The first kappa shape index (κ1) is 25.1. The molecule has 0 fully saturated rings. The summed E-state index contributed by atoms with van der Waals surface area (Å²) in [5.74, 6) is 0.882. The van der Waals surface area contributed by atoms with Crippen LogP contribution in [0.2, 0.25) is 5.02 Å². The second kappa shape index (κ2) is 11.6. The van der Waals surface area contributed by atoms with Gasteiger partial charge in [-0.2, -0.15) is 5.26 Å². The van der Waals surface area contributed by atoms with E-state index in [-0.39, 0.29) is 11.7 Å². The Balaban J connectivity index is 1.66. The minimum atomic E-state index is -0.268. The minimum Gasteiger partial charge on any atom is -0.497 e. The number of carbonyl (C=O) groups is 1. The normalized spacial score (nSPS) is 10.4. The van der Waals surface area contributed by atoms with Crippen LogP contribution in [0, 0.1) is 11.3 Å². The van der Waals surface area contributed by atoms with Gasteiger partial charge >= 0.3 is 0 Å². The first-order valence-electron chi connectivity index (χ1n) is 10.9. The highest BCUT2D eigenvalue weighted by atomic mass is 35.5. The molecular formula is C28H22ClN3O3S. The molecule has 0 bridgehead atoms. The van der Waals surface area contributed by atoms with Gasteiger partial charge in [0.05, 0.1) is 36.9 Å². The third kappa shape index (κ3) is 5.80. The molecule has 4 aromatic rings. The predicted octanol–water partition coefficient (Wildman–Crippen LogP) is 6.69. The first-order chi connectivity index (χ1) is 17.5. The fourth-order valence-electron chi connectivity index (χ4n) is 3.58. The van der Waals surface area contributed by atoms with Crippen molar-refractivity contribution in [3.8, 4) is 40.0 Å². The standard InChI is InChI=1S/C28H22ClN3O3S/c1-34-21-12-13-26(35-2)25(14-21)31-27(33)17-36-28-23(16-30)22(18-8-10-20(29)11-9-18)15-24(32-28)19-6-4-3-5-7-19/h3-15H,17H2,1-2H3,(H,31,33). The zero-order valence-electron chi connectivity index (χ0n) is 19.6. The van der Waals surface area contributed by atoms with E-state index in [1.54, 1.807) is 37.4 Å². The molecule has 6 nitrogen and oxygen atoms in total. The number of pyridine rings is 1. The zero-order valence-corrected chi connectivity index (χ0v) is 21.2. The Morgan fingerprint density at radius 1 is 1.00 bits per heavy atom. The molecule has 36 heavy (non-hydrogen) atoms. The Kier molecular flexibility index (Phi) is 8.11. The van der Waals surface area contributed by atoms with Crippen molar-refractivity contribution in [1.82, 2.24) is 4.98 Å².